The number of imidazole rings is 1. The van der Waals surface area contributed by atoms with Gasteiger partial charge >= 0.3 is 0 Å². The summed E-state index contributed by atoms with van der Waals surface area (Å²) in [5.41, 5.74) is 0. The second-order valence-corrected chi connectivity index (χ2v) is 5.15. The van der Waals surface area contributed by atoms with Crippen molar-refractivity contribution in [2.24, 2.45) is 7.05 Å². The fourth-order valence-electron chi connectivity index (χ4n) is 1.92. The third-order valence-corrected chi connectivity index (χ3v) is 3.17. The molecule has 1 aromatic rings. The predicted molar refractivity (Wildman–Crippen MR) is 78.9 cm³/mol. The van der Waals surface area contributed by atoms with Crippen molar-refractivity contribution in [3.63, 3.8) is 0 Å². The molecule has 0 aromatic carbocycles. The lowest BCUT2D eigenvalue weighted by Gasteiger charge is -2.01. The van der Waals surface area contributed by atoms with E-state index < -0.39 is 5.97 Å². The van der Waals surface area contributed by atoms with E-state index in [0.717, 1.165) is 19.4 Å². The number of aryl methyl sites for hydroxylation is 2. The number of carboxylic acid groups (broad SMARTS) is 1. The first-order valence-corrected chi connectivity index (χ1v) is 7.81. The fourth-order valence-corrected chi connectivity index (χ4v) is 1.92. The first-order valence-electron chi connectivity index (χ1n) is 7.81. The number of unbranched alkanes of at least 4 members (excludes halogenated alkanes) is 6. The zero-order valence-electron chi connectivity index (χ0n) is 13.3. The molecule has 0 atom stereocenters. The van der Waals surface area contributed by atoms with Gasteiger partial charge < -0.3 is 9.90 Å². The summed E-state index contributed by atoms with van der Waals surface area (Å²) in [6, 6.07) is 0. The van der Waals surface area contributed by atoms with Gasteiger partial charge in [0.1, 0.15) is 12.4 Å². The van der Waals surface area contributed by atoms with Gasteiger partial charge in [0.25, 0.3) is 0 Å². The van der Waals surface area contributed by atoms with Gasteiger partial charge in [-0.2, -0.15) is 0 Å². The number of aliphatic carboxylic acids is 1. The van der Waals surface area contributed by atoms with Crippen molar-refractivity contribution >= 4 is 5.97 Å². The monoisotopic (exact) mass is 282 g/mol. The van der Waals surface area contributed by atoms with Crippen molar-refractivity contribution in [3.05, 3.63) is 18.7 Å². The van der Waals surface area contributed by atoms with Gasteiger partial charge in [-0.3, -0.25) is 0 Å². The smallest absolute Gasteiger partial charge is 0.243 e. The second kappa shape index (κ2) is 12.7. The average molecular weight is 282 g/mol. The molecule has 0 aliphatic heterocycles. The molecular formula is C16H30N2O2. The van der Waals surface area contributed by atoms with Crippen LogP contribution in [0.4, 0.5) is 0 Å². The van der Waals surface area contributed by atoms with E-state index in [9.17, 15) is 9.90 Å². The summed E-state index contributed by atoms with van der Waals surface area (Å²) < 4.78 is 4.16. The minimum absolute atomic E-state index is 0.230. The fraction of sp³-hybridized carbons (Fsp3) is 0.750. The summed E-state index contributed by atoms with van der Waals surface area (Å²) in [4.78, 5) is 10.0. The zero-order valence-corrected chi connectivity index (χ0v) is 13.3. The van der Waals surface area contributed by atoms with Crippen LogP contribution in [-0.4, -0.2) is 10.5 Å². The molecule has 20 heavy (non-hydrogen) atoms. The summed E-state index contributed by atoms with van der Waals surface area (Å²) in [7, 11) is 2.02. The summed E-state index contributed by atoms with van der Waals surface area (Å²) >= 11 is 0. The van der Waals surface area contributed by atoms with Crippen molar-refractivity contribution in [2.45, 2.75) is 71.8 Å². The molecule has 0 N–H and O–H groups in total. The normalized spacial score (nSPS) is 9.95. The first-order chi connectivity index (χ1) is 9.60. The van der Waals surface area contributed by atoms with Crippen LogP contribution in [-0.2, 0) is 18.4 Å². The van der Waals surface area contributed by atoms with Crippen LogP contribution in [0, 0.1) is 0 Å². The number of hydrogen-bond donors (Lipinski definition) is 0. The lowest BCUT2D eigenvalue weighted by Crippen LogP contribution is -2.23. The molecule has 0 fully saturated rings. The molecule has 1 rings (SSSR count). The molecule has 0 bridgehead atoms. The van der Waals surface area contributed by atoms with Crippen LogP contribution >= 0.6 is 0 Å². The Bertz CT molecular complexity index is 348. The van der Waals surface area contributed by atoms with Crippen LogP contribution in [0.3, 0.4) is 0 Å². The van der Waals surface area contributed by atoms with Crippen LogP contribution in [0.15, 0.2) is 18.7 Å². The van der Waals surface area contributed by atoms with Gasteiger partial charge in [-0.05, 0) is 19.8 Å². The number of nitrogens with zero attached hydrogens (tertiary/aromatic N) is 2. The molecule has 0 radical (unpaired) electrons. The zero-order chi connectivity index (χ0) is 15.2. The van der Waals surface area contributed by atoms with Gasteiger partial charge in [0.2, 0.25) is 6.33 Å². The number of carbonyl (C=O) groups is 1. The van der Waals surface area contributed by atoms with Crippen molar-refractivity contribution in [3.8, 4) is 0 Å². The van der Waals surface area contributed by atoms with Crippen LogP contribution in [0.5, 0.6) is 0 Å². The SMILES string of the molecule is CCCCCCCCCC(=O)[O-].CCn1cc[n+](C)c1. The van der Waals surface area contributed by atoms with Crippen LogP contribution in [0.25, 0.3) is 0 Å². The maximum atomic E-state index is 10.0. The Labute approximate surface area is 123 Å². The minimum Gasteiger partial charge on any atom is -0.550 e. The van der Waals surface area contributed by atoms with Gasteiger partial charge in [0.05, 0.1) is 13.6 Å². The maximum absolute atomic E-state index is 10.0. The Morgan fingerprint density at radius 1 is 1.10 bits per heavy atom. The van der Waals surface area contributed by atoms with Gasteiger partial charge in [-0.25, -0.2) is 9.13 Å². The molecule has 0 unspecified atom stereocenters. The lowest BCUT2D eigenvalue weighted by atomic mass is 10.1. The first kappa shape index (κ1) is 18.7. The topological polar surface area (TPSA) is 48.9 Å². The number of carbonyl (C=O) groups excluding carboxylic acids is 1. The molecule has 4 heteroatoms. The predicted octanol–water partition coefficient (Wildman–Crippen LogP) is 2.21. The molecule has 116 valence electrons. The Morgan fingerprint density at radius 3 is 2.10 bits per heavy atom. The highest BCUT2D eigenvalue weighted by Crippen LogP contribution is 2.07. The summed E-state index contributed by atoms with van der Waals surface area (Å²) in [6.45, 7) is 5.37. The highest BCUT2D eigenvalue weighted by molar-refractivity contribution is 5.63. The number of rotatable bonds is 9. The van der Waals surface area contributed by atoms with E-state index in [-0.39, 0.29) is 6.42 Å². The van der Waals surface area contributed by atoms with E-state index in [1.54, 1.807) is 0 Å². The molecular weight excluding hydrogens is 252 g/mol. The Kier molecular flexibility index (Phi) is 11.9. The molecule has 0 spiro atoms. The minimum atomic E-state index is -0.913. The van der Waals surface area contributed by atoms with E-state index in [1.807, 2.05) is 17.8 Å². The highest BCUT2D eigenvalue weighted by Gasteiger charge is 1.92. The van der Waals surface area contributed by atoms with E-state index >= 15 is 0 Å². The van der Waals surface area contributed by atoms with Gasteiger partial charge in [0, 0.05) is 5.97 Å². The van der Waals surface area contributed by atoms with Gasteiger partial charge in [-0.1, -0.05) is 45.4 Å². The summed E-state index contributed by atoms with van der Waals surface area (Å²) in [6.07, 6.45) is 14.5. The molecule has 1 aromatic heterocycles. The molecule has 4 nitrogen and oxygen atoms in total. The number of aromatic nitrogens is 2. The van der Waals surface area contributed by atoms with Crippen molar-refractivity contribution < 1.29 is 14.5 Å². The number of carboxylic acids is 1. The molecule has 0 saturated carbocycles. The van der Waals surface area contributed by atoms with Crippen LogP contribution in [0.1, 0.15) is 65.2 Å². The summed E-state index contributed by atoms with van der Waals surface area (Å²) in [5.74, 6) is -0.913. The van der Waals surface area contributed by atoms with Crippen LogP contribution in [0.2, 0.25) is 0 Å². The van der Waals surface area contributed by atoms with Gasteiger partial charge in [-0.15, -0.1) is 0 Å². The maximum Gasteiger partial charge on any atom is 0.243 e. The molecule has 0 amide bonds. The lowest BCUT2D eigenvalue weighted by molar-refractivity contribution is -0.671. The average Bonchev–Trinajstić information content (AvgIpc) is 2.84. The van der Waals surface area contributed by atoms with Crippen LogP contribution < -0.4 is 9.67 Å². The third-order valence-electron chi connectivity index (χ3n) is 3.17. The largest absolute Gasteiger partial charge is 0.550 e. The Balaban J connectivity index is 0.000000388. The molecule has 1 heterocycles. The molecule has 0 saturated heterocycles. The van der Waals surface area contributed by atoms with E-state index in [2.05, 4.69) is 30.9 Å². The van der Waals surface area contributed by atoms with Crippen molar-refractivity contribution in [1.29, 1.82) is 0 Å². The molecule has 0 aliphatic rings. The highest BCUT2D eigenvalue weighted by atomic mass is 16.4. The number of hydrogen-bond acceptors (Lipinski definition) is 2. The summed E-state index contributed by atoms with van der Waals surface area (Å²) in [5, 5.41) is 10.0. The molecule has 0 aliphatic carbocycles. The second-order valence-electron chi connectivity index (χ2n) is 5.15. The Morgan fingerprint density at radius 2 is 1.70 bits per heavy atom. The standard InChI is InChI=1S/C10H20O2.C6H11N2/c1-2-3-4-5-6-7-8-9-10(11)12;1-3-8-5-4-7(2)6-8/h2-9H2,1H3,(H,11,12);4-6H,3H2,1-2H3/q;+1/p-1. The van der Waals surface area contributed by atoms with Gasteiger partial charge in [0.15, 0.2) is 0 Å². The van der Waals surface area contributed by atoms with E-state index in [4.69, 9.17) is 0 Å². The van der Waals surface area contributed by atoms with E-state index in [0.29, 0.717) is 0 Å². The quantitative estimate of drug-likeness (QED) is 0.515. The van der Waals surface area contributed by atoms with Crippen molar-refractivity contribution in [1.82, 2.24) is 4.57 Å². The third kappa shape index (κ3) is 11.8. The van der Waals surface area contributed by atoms with E-state index in [1.165, 1.54) is 32.1 Å². The Hall–Kier alpha value is -1.32. The van der Waals surface area contributed by atoms with Crippen molar-refractivity contribution in [2.75, 3.05) is 0 Å².